The summed E-state index contributed by atoms with van der Waals surface area (Å²) in [6.07, 6.45) is 3.90. The van der Waals surface area contributed by atoms with E-state index in [-0.39, 0.29) is 0 Å². The van der Waals surface area contributed by atoms with Crippen LogP contribution in [-0.4, -0.2) is 15.6 Å². The van der Waals surface area contributed by atoms with Crippen LogP contribution in [0.5, 0.6) is 0 Å². The van der Waals surface area contributed by atoms with E-state index in [1.54, 1.807) is 0 Å². The molecule has 0 amide bonds. The number of imidazole rings is 1. The lowest BCUT2D eigenvalue weighted by Crippen LogP contribution is -2.21. The molecule has 0 aliphatic heterocycles. The van der Waals surface area contributed by atoms with Crippen LogP contribution in [0.25, 0.3) is 11.3 Å². The third-order valence-corrected chi connectivity index (χ3v) is 3.00. The van der Waals surface area contributed by atoms with Crippen LogP contribution in [0.15, 0.2) is 30.7 Å². The molecule has 0 atom stereocenters. The van der Waals surface area contributed by atoms with Gasteiger partial charge in [-0.25, -0.2) is 4.98 Å². The van der Waals surface area contributed by atoms with Crippen molar-refractivity contribution in [2.45, 2.75) is 33.4 Å². The summed E-state index contributed by atoms with van der Waals surface area (Å²) in [6.45, 7) is 7.35. The number of hydrogen-bond acceptors (Lipinski definition) is 2. The minimum Gasteiger partial charge on any atom is -0.340 e. The fourth-order valence-electron chi connectivity index (χ4n) is 1.93. The molecule has 0 spiro atoms. The Morgan fingerprint density at radius 1 is 1.33 bits per heavy atom. The van der Waals surface area contributed by atoms with Crippen molar-refractivity contribution < 1.29 is 0 Å². The molecule has 0 unspecified atom stereocenters. The summed E-state index contributed by atoms with van der Waals surface area (Å²) in [5.74, 6) is 0. The maximum Gasteiger partial charge on any atom is 0.0951 e. The molecule has 3 nitrogen and oxygen atoms in total. The first-order chi connectivity index (χ1) is 8.56. The van der Waals surface area contributed by atoms with E-state index in [0.717, 1.165) is 12.2 Å². The molecule has 1 aromatic heterocycles. The molecule has 3 heteroatoms. The lowest BCUT2D eigenvalue weighted by molar-refractivity contribution is 0.589. The van der Waals surface area contributed by atoms with Crippen LogP contribution in [0.4, 0.5) is 0 Å². The van der Waals surface area contributed by atoms with Crippen molar-refractivity contribution in [3.63, 3.8) is 0 Å². The predicted molar refractivity (Wildman–Crippen MR) is 75.4 cm³/mol. The Morgan fingerprint density at radius 2 is 2.11 bits per heavy atom. The Balaban J connectivity index is 2.27. The maximum atomic E-state index is 4.43. The quantitative estimate of drug-likeness (QED) is 0.895. The van der Waals surface area contributed by atoms with Gasteiger partial charge in [0, 0.05) is 31.4 Å². The van der Waals surface area contributed by atoms with Gasteiger partial charge in [-0.15, -0.1) is 0 Å². The van der Waals surface area contributed by atoms with Gasteiger partial charge in [0.25, 0.3) is 0 Å². The van der Waals surface area contributed by atoms with Crippen LogP contribution < -0.4 is 5.32 Å². The van der Waals surface area contributed by atoms with E-state index in [1.807, 2.05) is 17.9 Å². The molecule has 1 heterocycles. The van der Waals surface area contributed by atoms with Crippen LogP contribution in [0.1, 0.15) is 25.0 Å². The molecular formula is C15H21N3. The highest BCUT2D eigenvalue weighted by molar-refractivity contribution is 5.63. The van der Waals surface area contributed by atoms with Gasteiger partial charge in [0.05, 0.1) is 12.0 Å². The van der Waals surface area contributed by atoms with Gasteiger partial charge in [-0.05, 0) is 24.1 Å². The van der Waals surface area contributed by atoms with Crippen LogP contribution >= 0.6 is 0 Å². The average Bonchev–Trinajstić information content (AvgIpc) is 2.74. The number of aryl methyl sites for hydroxylation is 2. The highest BCUT2D eigenvalue weighted by Gasteiger charge is 2.06. The standard InChI is InChI=1S/C15H21N3/c1-11(2)16-8-13-6-5-12(3)14(7-13)15-9-18(4)10-17-15/h5-7,9-11,16H,8H2,1-4H3. The molecule has 1 N–H and O–H groups in total. The van der Waals surface area contributed by atoms with E-state index in [9.17, 15) is 0 Å². The number of nitrogens with one attached hydrogen (secondary N) is 1. The van der Waals surface area contributed by atoms with E-state index in [1.165, 1.54) is 16.7 Å². The Bertz CT molecular complexity index is 526. The zero-order valence-electron chi connectivity index (χ0n) is 11.6. The lowest BCUT2D eigenvalue weighted by atomic mass is 10.0. The normalized spacial score (nSPS) is 11.2. The Labute approximate surface area is 109 Å². The number of benzene rings is 1. The second-order valence-electron chi connectivity index (χ2n) is 5.11. The molecule has 0 saturated heterocycles. The molecule has 2 rings (SSSR count). The van der Waals surface area contributed by atoms with Crippen molar-refractivity contribution in [1.82, 2.24) is 14.9 Å². The van der Waals surface area contributed by atoms with Gasteiger partial charge >= 0.3 is 0 Å². The smallest absolute Gasteiger partial charge is 0.0951 e. The Kier molecular flexibility index (Phi) is 3.82. The molecule has 0 fully saturated rings. The zero-order chi connectivity index (χ0) is 13.1. The van der Waals surface area contributed by atoms with Gasteiger partial charge in [0.2, 0.25) is 0 Å². The number of hydrogen-bond donors (Lipinski definition) is 1. The van der Waals surface area contributed by atoms with Crippen LogP contribution in [-0.2, 0) is 13.6 Å². The molecular weight excluding hydrogens is 222 g/mol. The Hall–Kier alpha value is -1.61. The minimum atomic E-state index is 0.504. The van der Waals surface area contributed by atoms with Gasteiger partial charge in [0.1, 0.15) is 0 Å². The van der Waals surface area contributed by atoms with E-state index in [0.29, 0.717) is 6.04 Å². The number of nitrogens with zero attached hydrogens (tertiary/aromatic N) is 2. The summed E-state index contributed by atoms with van der Waals surface area (Å²) in [4.78, 5) is 4.43. The average molecular weight is 243 g/mol. The molecule has 1 aromatic carbocycles. The highest BCUT2D eigenvalue weighted by Crippen LogP contribution is 2.22. The fourth-order valence-corrected chi connectivity index (χ4v) is 1.93. The summed E-state index contributed by atoms with van der Waals surface area (Å²) >= 11 is 0. The highest BCUT2D eigenvalue weighted by atomic mass is 15.0. The first-order valence-corrected chi connectivity index (χ1v) is 6.37. The summed E-state index contributed by atoms with van der Waals surface area (Å²) in [7, 11) is 2.00. The molecule has 2 aromatic rings. The van der Waals surface area contributed by atoms with Gasteiger partial charge < -0.3 is 9.88 Å². The third kappa shape index (κ3) is 2.99. The predicted octanol–water partition coefficient (Wildman–Crippen LogP) is 2.89. The number of aromatic nitrogens is 2. The van der Waals surface area contributed by atoms with Crippen molar-refractivity contribution in [3.8, 4) is 11.3 Å². The van der Waals surface area contributed by atoms with Crippen molar-refractivity contribution in [2.75, 3.05) is 0 Å². The van der Waals surface area contributed by atoms with E-state index in [2.05, 4.69) is 55.5 Å². The van der Waals surface area contributed by atoms with E-state index < -0.39 is 0 Å². The van der Waals surface area contributed by atoms with Gasteiger partial charge in [-0.2, -0.15) is 0 Å². The van der Waals surface area contributed by atoms with Gasteiger partial charge in [0.15, 0.2) is 0 Å². The first-order valence-electron chi connectivity index (χ1n) is 6.37. The molecule has 0 aliphatic carbocycles. The third-order valence-electron chi connectivity index (χ3n) is 3.00. The van der Waals surface area contributed by atoms with Crippen molar-refractivity contribution >= 4 is 0 Å². The molecule has 18 heavy (non-hydrogen) atoms. The largest absolute Gasteiger partial charge is 0.340 e. The zero-order valence-corrected chi connectivity index (χ0v) is 11.6. The molecule has 0 bridgehead atoms. The van der Waals surface area contributed by atoms with E-state index in [4.69, 9.17) is 0 Å². The summed E-state index contributed by atoms with van der Waals surface area (Å²) in [6, 6.07) is 7.08. The van der Waals surface area contributed by atoms with Gasteiger partial charge in [-0.3, -0.25) is 0 Å². The summed E-state index contributed by atoms with van der Waals surface area (Å²) in [5, 5.41) is 3.44. The molecule has 0 radical (unpaired) electrons. The molecule has 0 aliphatic rings. The van der Waals surface area contributed by atoms with Crippen molar-refractivity contribution in [3.05, 3.63) is 41.9 Å². The fraction of sp³-hybridized carbons (Fsp3) is 0.400. The van der Waals surface area contributed by atoms with Gasteiger partial charge in [-0.1, -0.05) is 26.0 Å². The molecule has 96 valence electrons. The monoisotopic (exact) mass is 243 g/mol. The van der Waals surface area contributed by atoms with Crippen LogP contribution in [0, 0.1) is 6.92 Å². The van der Waals surface area contributed by atoms with Crippen molar-refractivity contribution in [1.29, 1.82) is 0 Å². The topological polar surface area (TPSA) is 29.9 Å². The second kappa shape index (κ2) is 5.36. The number of rotatable bonds is 4. The van der Waals surface area contributed by atoms with Crippen LogP contribution in [0.3, 0.4) is 0 Å². The van der Waals surface area contributed by atoms with Crippen LogP contribution in [0.2, 0.25) is 0 Å². The summed E-state index contributed by atoms with van der Waals surface area (Å²) < 4.78 is 1.98. The SMILES string of the molecule is Cc1ccc(CNC(C)C)cc1-c1cn(C)cn1. The Morgan fingerprint density at radius 3 is 2.72 bits per heavy atom. The summed E-state index contributed by atoms with van der Waals surface area (Å²) in [5.41, 5.74) is 4.83. The lowest BCUT2D eigenvalue weighted by Gasteiger charge is -2.10. The first kappa shape index (κ1) is 12.8. The second-order valence-corrected chi connectivity index (χ2v) is 5.11. The molecule has 0 saturated carbocycles. The van der Waals surface area contributed by atoms with Crippen molar-refractivity contribution in [2.24, 2.45) is 7.05 Å². The maximum absolute atomic E-state index is 4.43. The van der Waals surface area contributed by atoms with E-state index >= 15 is 0 Å². The minimum absolute atomic E-state index is 0.504.